The molecular formula is C63H111N11O13. The number of aliphatic hydroxyl groups excluding tert-OH is 2. The number of hydrogen-bond donors (Lipinski definition) is 6. The molecule has 1 unspecified atom stereocenters. The summed E-state index contributed by atoms with van der Waals surface area (Å²) in [6, 6.07) is -14.0. The van der Waals surface area contributed by atoms with E-state index in [1.54, 1.807) is 74.5 Å². The summed E-state index contributed by atoms with van der Waals surface area (Å²) in [6.45, 7) is 29.1. The van der Waals surface area contributed by atoms with Crippen molar-refractivity contribution < 1.29 is 63.0 Å². The average Bonchev–Trinajstić information content (AvgIpc) is 2.69. The quantitative estimate of drug-likeness (QED) is 0.136. The molecule has 24 heteroatoms. The van der Waals surface area contributed by atoms with Crippen LogP contribution < -0.4 is 21.3 Å². The van der Waals surface area contributed by atoms with E-state index in [2.05, 4.69) is 21.3 Å². The van der Waals surface area contributed by atoms with E-state index in [1.807, 2.05) is 41.5 Å². The molecule has 0 aromatic carbocycles. The molecule has 0 spiro atoms. The molecule has 0 aromatic rings. The lowest BCUT2D eigenvalue weighted by molar-refractivity contribution is -0.157. The highest BCUT2D eigenvalue weighted by Gasteiger charge is 2.48. The molecule has 2 aliphatic heterocycles. The molecule has 87 heavy (non-hydrogen) atoms. The Hall–Kier alpha value is -6.17. The molecule has 2 saturated heterocycles. The second kappa shape index (κ2) is 34.0. The minimum absolute atomic E-state index is 0.0390. The molecule has 2 heterocycles. The fraction of sp³-hybridized carbons (Fsp3) is 0.794. The van der Waals surface area contributed by atoms with E-state index in [9.17, 15) is 53.4 Å². The van der Waals surface area contributed by atoms with Gasteiger partial charge >= 0.3 is 0 Å². The van der Waals surface area contributed by atoms with Crippen molar-refractivity contribution in [3.8, 4) is 0 Å². The summed E-state index contributed by atoms with van der Waals surface area (Å²) >= 11 is 0. The van der Waals surface area contributed by atoms with E-state index in [-0.39, 0.29) is 62.8 Å². The van der Waals surface area contributed by atoms with E-state index in [0.29, 0.717) is 0 Å². The van der Waals surface area contributed by atoms with Crippen molar-refractivity contribution in [2.75, 3.05) is 48.8 Å². The first-order chi connectivity index (χ1) is 40.2. The highest BCUT2D eigenvalue weighted by molar-refractivity contribution is 6.00. The van der Waals surface area contributed by atoms with E-state index in [4.69, 9.17) is 0 Å². The molecule has 0 aliphatic carbocycles. The Morgan fingerprint density at radius 2 is 0.920 bits per heavy atom. The molecule has 2 fully saturated rings. The number of rotatable bonds is 14. The first kappa shape index (κ1) is 76.9. The Kier molecular flexibility index (Phi) is 30.0. The third-order valence-corrected chi connectivity index (χ3v) is 17.0. The predicted octanol–water partition coefficient (Wildman–Crippen LogP) is 2.38. The highest BCUT2D eigenvalue weighted by atomic mass is 16.3. The number of nitrogens with one attached hydrogen (secondary N) is 4. The van der Waals surface area contributed by atoms with Gasteiger partial charge in [-0.05, 0) is 94.3 Å². The zero-order valence-corrected chi connectivity index (χ0v) is 56.7. The van der Waals surface area contributed by atoms with Gasteiger partial charge in [-0.15, -0.1) is 0 Å². The maximum absolute atomic E-state index is 15.2. The molecule has 0 aromatic heterocycles. The van der Waals surface area contributed by atoms with Crippen LogP contribution in [0.5, 0.6) is 0 Å². The van der Waals surface area contributed by atoms with Crippen LogP contribution in [0.25, 0.3) is 0 Å². The van der Waals surface area contributed by atoms with Gasteiger partial charge in [0.25, 0.3) is 0 Å². The van der Waals surface area contributed by atoms with Gasteiger partial charge in [0.05, 0.1) is 12.2 Å². The van der Waals surface area contributed by atoms with Crippen LogP contribution in [-0.2, 0) is 52.7 Å². The topological polar surface area (TPSA) is 299 Å². The summed E-state index contributed by atoms with van der Waals surface area (Å²) in [5.41, 5.74) is 0. The fourth-order valence-electron chi connectivity index (χ4n) is 11.7. The number of likely N-dealkylation sites (N-methyl/N-ethyl adjacent to an activating group) is 6. The number of nitrogens with zero attached hydrogens (tertiary/aromatic N) is 7. The Balaban J connectivity index is 3.02. The second-order valence-corrected chi connectivity index (χ2v) is 26.8. The van der Waals surface area contributed by atoms with Gasteiger partial charge < -0.3 is 65.8 Å². The van der Waals surface area contributed by atoms with Crippen LogP contribution in [0, 0.1) is 41.4 Å². The van der Waals surface area contributed by atoms with Gasteiger partial charge in [0.2, 0.25) is 65.0 Å². The first-order valence-electron chi connectivity index (χ1n) is 31.3. The Labute approximate surface area is 519 Å². The molecular weight excluding hydrogens is 1120 g/mol. The van der Waals surface area contributed by atoms with Crippen LogP contribution in [0.3, 0.4) is 0 Å². The van der Waals surface area contributed by atoms with Crippen LogP contribution in [0.2, 0.25) is 0 Å². The van der Waals surface area contributed by atoms with Crippen molar-refractivity contribution >= 4 is 65.0 Å². The Morgan fingerprint density at radius 3 is 1.39 bits per heavy atom. The molecule has 11 amide bonds. The smallest absolute Gasteiger partial charge is 0.246 e. The second-order valence-electron chi connectivity index (χ2n) is 26.8. The van der Waals surface area contributed by atoms with E-state index in [1.165, 1.54) is 80.6 Å². The average molecular weight is 1230 g/mol. The number of amides is 11. The van der Waals surface area contributed by atoms with Gasteiger partial charge in [-0.1, -0.05) is 109 Å². The third kappa shape index (κ3) is 19.9. The van der Waals surface area contributed by atoms with Crippen molar-refractivity contribution in [1.82, 2.24) is 55.6 Å². The Bertz CT molecular complexity index is 2430. The van der Waals surface area contributed by atoms with Crippen molar-refractivity contribution in [2.24, 2.45) is 41.4 Å². The van der Waals surface area contributed by atoms with Crippen molar-refractivity contribution in [1.29, 1.82) is 0 Å². The van der Waals surface area contributed by atoms with Crippen molar-refractivity contribution in [2.45, 2.75) is 235 Å². The molecule has 14 atom stereocenters. The largest absolute Gasteiger partial charge is 0.391 e. The summed E-state index contributed by atoms with van der Waals surface area (Å²) in [5.74, 6) is -10.6. The Morgan fingerprint density at radius 1 is 0.483 bits per heavy atom. The minimum atomic E-state index is -1.66. The van der Waals surface area contributed by atoms with Crippen molar-refractivity contribution in [3.05, 3.63) is 12.2 Å². The molecule has 496 valence electrons. The summed E-state index contributed by atoms with van der Waals surface area (Å²) in [6.07, 6.45) is 1.29. The van der Waals surface area contributed by atoms with Gasteiger partial charge in [0.1, 0.15) is 66.5 Å². The predicted molar refractivity (Wildman–Crippen MR) is 332 cm³/mol. The number of allylic oxidation sites excluding steroid dienone is 2. The van der Waals surface area contributed by atoms with Gasteiger partial charge in [0.15, 0.2) is 0 Å². The summed E-state index contributed by atoms with van der Waals surface area (Å²) in [4.78, 5) is 170. The van der Waals surface area contributed by atoms with Crippen LogP contribution >= 0.6 is 0 Å². The molecule has 0 saturated carbocycles. The summed E-state index contributed by atoms with van der Waals surface area (Å²) < 4.78 is 0. The van der Waals surface area contributed by atoms with E-state index in [0.717, 1.165) is 9.80 Å². The van der Waals surface area contributed by atoms with Crippen LogP contribution in [-0.4, -0.2) is 237 Å². The lowest BCUT2D eigenvalue weighted by Crippen LogP contribution is -2.64. The first-order valence-corrected chi connectivity index (χ1v) is 31.3. The zero-order valence-electron chi connectivity index (χ0n) is 56.7. The minimum Gasteiger partial charge on any atom is -0.391 e. The monoisotopic (exact) mass is 1230 g/mol. The zero-order chi connectivity index (χ0) is 67.1. The van der Waals surface area contributed by atoms with Crippen LogP contribution in [0.1, 0.15) is 156 Å². The molecule has 2 aliphatic rings. The summed E-state index contributed by atoms with van der Waals surface area (Å²) in [5, 5.41) is 34.3. The maximum Gasteiger partial charge on any atom is 0.246 e. The van der Waals surface area contributed by atoms with Crippen LogP contribution in [0.4, 0.5) is 0 Å². The lowest BCUT2D eigenvalue weighted by Gasteiger charge is -2.41. The summed E-state index contributed by atoms with van der Waals surface area (Å²) in [7, 11) is 8.45. The molecule has 24 nitrogen and oxygen atoms in total. The fourth-order valence-corrected chi connectivity index (χ4v) is 11.7. The number of aliphatic hydroxyl groups is 2. The lowest BCUT2D eigenvalue weighted by atomic mass is 9.91. The SMILES string of the molecule is C/C=C/C[C@@H](C)[C@@H](O)[C@H]1C(=O)N[C@@H](CC)C(=O)N2CC(O)C[C@@H]2C(=O)N(C)[C@@H](C(C)C)C(=O)N[C@@H](C(C)C)C(=O)N(C)[C@@H](CC(C)C)C(=O)N[C@@H](C)C(=O)N[C@H](C)C(=O)N(C)[C@@H](CC(C)C)C(=O)N(C)[C@@H](CC(C)C)C(=O)N(C)[C@@H](C(C)C)C(=O)N1C. The van der Waals surface area contributed by atoms with Gasteiger partial charge in [-0.25, -0.2) is 0 Å². The van der Waals surface area contributed by atoms with Crippen LogP contribution in [0.15, 0.2) is 12.2 Å². The van der Waals surface area contributed by atoms with Gasteiger partial charge in [-0.3, -0.25) is 52.7 Å². The molecule has 0 bridgehead atoms. The van der Waals surface area contributed by atoms with Gasteiger partial charge in [-0.2, -0.15) is 0 Å². The highest BCUT2D eigenvalue weighted by Crippen LogP contribution is 2.28. The van der Waals surface area contributed by atoms with E-state index < -0.39 is 167 Å². The normalized spacial score (nSPS) is 28.9. The molecule has 2 rings (SSSR count). The number of carbonyl (C=O) groups is 11. The standard InChI is InChI=1S/C63H111N11O13/c1-24-26-27-39(15)52(76)51-56(80)66-43(25-2)58(82)74-32-42(75)31-47(74)61(85)71(21)49(37(11)12)55(79)67-48(36(9)10)62(86)68(18)44(28-33(3)4)54(78)64-40(16)53(77)65-41(17)57(81)69(19)45(29-34(5)6)59(83)70(20)46(30-35(7)8)60(84)72(22)50(38(13)14)63(87)73(51)23/h24,26,33-52,75-76H,25,27-32H2,1-23H3,(H,64,78)(H,65,77)(H,66,80)(H,67,79)/b26-24+/t39-,40+,41-,42?,43+,44+,45+,46+,47-,48+,49+,50+,51+,52-/m1/s1. The van der Waals surface area contributed by atoms with E-state index >= 15 is 9.59 Å². The maximum atomic E-state index is 15.2. The number of carbonyl (C=O) groups excluding carboxylic acids is 11. The van der Waals surface area contributed by atoms with Gasteiger partial charge in [0, 0.05) is 55.3 Å². The van der Waals surface area contributed by atoms with Crippen molar-refractivity contribution in [3.63, 3.8) is 0 Å². The number of hydrogen-bond acceptors (Lipinski definition) is 13. The number of fused-ring (bicyclic) bond motifs is 1. The third-order valence-electron chi connectivity index (χ3n) is 17.0. The molecule has 6 N–H and O–H groups in total. The molecule has 0 radical (unpaired) electrons.